The van der Waals surface area contributed by atoms with E-state index in [2.05, 4.69) is 47.9 Å². The van der Waals surface area contributed by atoms with Crippen LogP contribution in [0.25, 0.3) is 0 Å². The molecule has 0 aliphatic carbocycles. The Kier molecular flexibility index (Phi) is 5.18. The Hall–Kier alpha value is -3.01. The molecule has 1 heterocycles. The van der Waals surface area contributed by atoms with Crippen LogP contribution in [0.15, 0.2) is 103 Å². The molecule has 1 saturated heterocycles. The fraction of sp³-hybridized carbons (Fsp3) is 0.192. The molecule has 4 rings (SSSR count). The van der Waals surface area contributed by atoms with Crippen molar-refractivity contribution >= 4 is 5.78 Å². The van der Waals surface area contributed by atoms with Crippen LogP contribution in [-0.2, 0) is 10.3 Å². The van der Waals surface area contributed by atoms with Crippen LogP contribution in [0.1, 0.15) is 23.6 Å². The van der Waals surface area contributed by atoms with Gasteiger partial charge in [-0.2, -0.15) is 0 Å². The van der Waals surface area contributed by atoms with Crippen LogP contribution in [0.4, 0.5) is 0 Å². The molecule has 3 aromatic carbocycles. The molecule has 146 valence electrons. The highest BCUT2D eigenvalue weighted by molar-refractivity contribution is 5.93. The molecule has 0 bridgehead atoms. The molecule has 0 amide bonds. The highest BCUT2D eigenvalue weighted by Gasteiger charge is 2.55. The summed E-state index contributed by atoms with van der Waals surface area (Å²) in [5.74, 6) is -0.172. The molecule has 0 aromatic heterocycles. The molecule has 0 radical (unpaired) electrons. The van der Waals surface area contributed by atoms with Gasteiger partial charge in [0, 0.05) is 12.1 Å². The van der Waals surface area contributed by atoms with Gasteiger partial charge in [0.2, 0.25) is 0 Å². The van der Waals surface area contributed by atoms with Crippen molar-refractivity contribution in [3.63, 3.8) is 0 Å². The lowest BCUT2D eigenvalue weighted by Crippen LogP contribution is -2.41. The van der Waals surface area contributed by atoms with Gasteiger partial charge in [-0.25, -0.2) is 0 Å². The topological polar surface area (TPSA) is 40.3 Å². The summed E-state index contributed by atoms with van der Waals surface area (Å²) in [7, 11) is 0. The minimum atomic E-state index is -0.886. The Balaban J connectivity index is 1.91. The number of hydrogen-bond donors (Lipinski definition) is 1. The van der Waals surface area contributed by atoms with Gasteiger partial charge in [-0.3, -0.25) is 9.69 Å². The van der Waals surface area contributed by atoms with Crippen LogP contribution in [0, 0.1) is 0 Å². The Morgan fingerprint density at radius 2 is 1.28 bits per heavy atom. The molecule has 3 atom stereocenters. The van der Waals surface area contributed by atoms with E-state index in [9.17, 15) is 9.90 Å². The Morgan fingerprint density at radius 3 is 1.62 bits per heavy atom. The first-order valence-electron chi connectivity index (χ1n) is 9.88. The van der Waals surface area contributed by atoms with E-state index < -0.39 is 11.6 Å². The van der Waals surface area contributed by atoms with Gasteiger partial charge in [0.1, 0.15) is 0 Å². The molecule has 3 heteroatoms. The van der Waals surface area contributed by atoms with E-state index in [1.165, 1.54) is 6.92 Å². The number of rotatable bonds is 7. The zero-order valence-corrected chi connectivity index (χ0v) is 16.5. The fourth-order valence-corrected chi connectivity index (χ4v) is 4.29. The molecule has 29 heavy (non-hydrogen) atoms. The second kappa shape index (κ2) is 7.78. The Bertz CT molecular complexity index is 902. The molecule has 1 N–H and O–H groups in total. The smallest absolute Gasteiger partial charge is 0.157 e. The molecule has 0 saturated carbocycles. The number of aliphatic hydroxyl groups excluding tert-OH is 1. The lowest BCUT2D eigenvalue weighted by molar-refractivity contribution is -0.114. The highest BCUT2D eigenvalue weighted by atomic mass is 16.3. The largest absolute Gasteiger partial charge is 0.387 e. The number of hydrogen-bond acceptors (Lipinski definition) is 3. The number of carbonyl (C=O) groups excluding carboxylic acids is 1. The summed E-state index contributed by atoms with van der Waals surface area (Å²) in [5.41, 5.74) is 3.08. The monoisotopic (exact) mass is 383 g/mol. The molecule has 1 aliphatic heterocycles. The van der Waals surface area contributed by atoms with Crippen molar-refractivity contribution in [2.24, 2.45) is 0 Å². The van der Waals surface area contributed by atoms with E-state index in [0.717, 1.165) is 16.7 Å². The summed E-state index contributed by atoms with van der Waals surface area (Å²) >= 11 is 0. The van der Waals surface area contributed by atoms with Crippen molar-refractivity contribution in [3.05, 3.63) is 120 Å². The van der Waals surface area contributed by atoms with Gasteiger partial charge in [0.15, 0.2) is 5.78 Å². The van der Waals surface area contributed by atoms with Crippen molar-refractivity contribution < 1.29 is 9.90 Å². The predicted octanol–water partition coefficient (Wildman–Crippen LogP) is 4.17. The SMILES string of the molecule is C=C(C(C)=O)[C@@H](O)[C@@H]1CN1C(c1ccccc1)(c1ccccc1)c1ccccc1. The normalized spacial score (nSPS) is 19.4. The summed E-state index contributed by atoms with van der Waals surface area (Å²) in [6.07, 6.45) is -0.886. The van der Waals surface area contributed by atoms with Crippen LogP contribution in [0.3, 0.4) is 0 Å². The van der Waals surface area contributed by atoms with E-state index in [4.69, 9.17) is 0 Å². The average Bonchev–Trinajstić information content (AvgIpc) is 3.56. The minimum absolute atomic E-state index is 0.172. The number of carbonyl (C=O) groups is 1. The predicted molar refractivity (Wildman–Crippen MR) is 116 cm³/mol. The number of benzene rings is 3. The Morgan fingerprint density at radius 1 is 0.897 bits per heavy atom. The average molecular weight is 383 g/mol. The number of Topliss-reactive ketones (excluding diaryl/α,β-unsaturated/α-hetero) is 1. The molecular weight excluding hydrogens is 358 g/mol. The van der Waals surface area contributed by atoms with Crippen LogP contribution in [-0.4, -0.2) is 34.5 Å². The van der Waals surface area contributed by atoms with Crippen LogP contribution >= 0.6 is 0 Å². The van der Waals surface area contributed by atoms with Gasteiger partial charge in [-0.1, -0.05) is 97.6 Å². The maximum atomic E-state index is 11.8. The first kappa shape index (κ1) is 19.3. The van der Waals surface area contributed by atoms with Gasteiger partial charge in [-0.15, -0.1) is 0 Å². The van der Waals surface area contributed by atoms with Gasteiger partial charge in [0.05, 0.1) is 17.7 Å². The van der Waals surface area contributed by atoms with E-state index >= 15 is 0 Å². The van der Waals surface area contributed by atoms with Crippen molar-refractivity contribution in [1.82, 2.24) is 4.90 Å². The maximum absolute atomic E-state index is 11.8. The van der Waals surface area contributed by atoms with Crippen molar-refractivity contribution in [1.29, 1.82) is 0 Å². The third-order valence-electron chi connectivity index (χ3n) is 5.83. The lowest BCUT2D eigenvalue weighted by Gasteiger charge is -2.38. The molecule has 3 aromatic rings. The molecular formula is C26H25NO2. The fourth-order valence-electron chi connectivity index (χ4n) is 4.29. The molecule has 1 fully saturated rings. The standard InChI is InChI=1S/C26H25NO2/c1-19(20(2)28)25(29)24-18-27(24)26(21-12-6-3-7-13-21,22-14-8-4-9-15-22)23-16-10-5-11-17-23/h3-17,24-25,29H,1,18H2,2H3/t24-,25+,27?/m0/s1. The molecule has 0 spiro atoms. The summed E-state index contributed by atoms with van der Waals surface area (Å²) in [6, 6.07) is 30.9. The van der Waals surface area contributed by atoms with Gasteiger partial charge >= 0.3 is 0 Å². The Labute approximate surface area is 171 Å². The zero-order valence-electron chi connectivity index (χ0n) is 16.5. The number of aliphatic hydroxyl groups is 1. The van der Waals surface area contributed by atoms with Crippen LogP contribution < -0.4 is 0 Å². The van der Waals surface area contributed by atoms with Crippen molar-refractivity contribution in [2.75, 3.05) is 6.54 Å². The van der Waals surface area contributed by atoms with E-state index in [1.54, 1.807) is 0 Å². The van der Waals surface area contributed by atoms with Crippen LogP contribution in [0.5, 0.6) is 0 Å². The second-order valence-corrected chi connectivity index (χ2v) is 7.55. The highest BCUT2D eigenvalue weighted by Crippen LogP contribution is 2.49. The van der Waals surface area contributed by atoms with E-state index in [0.29, 0.717) is 6.54 Å². The molecule has 1 aliphatic rings. The van der Waals surface area contributed by atoms with Gasteiger partial charge < -0.3 is 5.11 Å². The molecule has 1 unspecified atom stereocenters. The van der Waals surface area contributed by atoms with Crippen LogP contribution in [0.2, 0.25) is 0 Å². The van der Waals surface area contributed by atoms with E-state index in [1.807, 2.05) is 54.6 Å². The lowest BCUT2D eigenvalue weighted by atomic mass is 9.76. The van der Waals surface area contributed by atoms with Crippen molar-refractivity contribution in [2.45, 2.75) is 24.6 Å². The van der Waals surface area contributed by atoms with E-state index in [-0.39, 0.29) is 17.4 Å². The first-order chi connectivity index (χ1) is 14.1. The summed E-state index contributed by atoms with van der Waals surface area (Å²) in [6.45, 7) is 5.95. The summed E-state index contributed by atoms with van der Waals surface area (Å²) < 4.78 is 0. The number of nitrogens with zero attached hydrogens (tertiary/aromatic N) is 1. The quantitative estimate of drug-likeness (QED) is 0.378. The number of ketones is 1. The first-order valence-corrected chi connectivity index (χ1v) is 9.88. The summed E-state index contributed by atoms with van der Waals surface area (Å²) in [5, 5.41) is 10.8. The third kappa shape index (κ3) is 3.33. The van der Waals surface area contributed by atoms with Gasteiger partial charge in [-0.05, 0) is 23.6 Å². The third-order valence-corrected chi connectivity index (χ3v) is 5.83. The van der Waals surface area contributed by atoms with Gasteiger partial charge in [0.25, 0.3) is 0 Å². The minimum Gasteiger partial charge on any atom is -0.387 e. The second-order valence-electron chi connectivity index (χ2n) is 7.55. The summed E-state index contributed by atoms with van der Waals surface area (Å²) in [4.78, 5) is 14.1. The van der Waals surface area contributed by atoms with Crippen molar-refractivity contribution in [3.8, 4) is 0 Å². The zero-order chi connectivity index (χ0) is 20.4. The maximum Gasteiger partial charge on any atom is 0.157 e. The molecule has 3 nitrogen and oxygen atoms in total.